The Morgan fingerprint density at radius 1 is 1.07 bits per heavy atom. The molecular formula is C35H44N6O4S. The molecule has 3 fully saturated rings. The van der Waals surface area contributed by atoms with E-state index in [0.717, 1.165) is 76.1 Å². The normalized spacial score (nSPS) is 23.2. The number of hydrogen-bond donors (Lipinski definition) is 1. The van der Waals surface area contributed by atoms with E-state index in [1.54, 1.807) is 26.2 Å². The van der Waals surface area contributed by atoms with Gasteiger partial charge in [0.05, 0.1) is 22.6 Å². The van der Waals surface area contributed by atoms with Gasteiger partial charge in [0.2, 0.25) is 9.84 Å². The second-order valence-electron chi connectivity index (χ2n) is 13.6. The summed E-state index contributed by atoms with van der Waals surface area (Å²) >= 11 is 0. The van der Waals surface area contributed by atoms with Gasteiger partial charge in [0.1, 0.15) is 11.0 Å². The summed E-state index contributed by atoms with van der Waals surface area (Å²) in [6.07, 6.45) is 6.61. The fourth-order valence-electron chi connectivity index (χ4n) is 8.24. The summed E-state index contributed by atoms with van der Waals surface area (Å²) in [5.41, 5.74) is 1.47. The van der Waals surface area contributed by atoms with Gasteiger partial charge in [-0.3, -0.25) is 4.68 Å². The van der Waals surface area contributed by atoms with Crippen LogP contribution in [-0.4, -0.2) is 75.1 Å². The predicted molar refractivity (Wildman–Crippen MR) is 175 cm³/mol. The molecular weight excluding hydrogens is 600 g/mol. The van der Waals surface area contributed by atoms with E-state index in [-0.39, 0.29) is 33.1 Å². The van der Waals surface area contributed by atoms with Crippen molar-refractivity contribution in [1.29, 1.82) is 5.26 Å². The summed E-state index contributed by atoms with van der Waals surface area (Å²) in [6, 6.07) is 20.1. The van der Waals surface area contributed by atoms with E-state index < -0.39 is 21.3 Å². The second kappa shape index (κ2) is 12.7. The quantitative estimate of drug-likeness (QED) is 0.354. The maximum Gasteiger partial charge on any atom is 0.407 e. The minimum Gasteiger partial charge on any atom is -0.446 e. The number of rotatable bonds is 9. The number of aromatic nitrogens is 2. The highest BCUT2D eigenvalue weighted by Crippen LogP contribution is 2.51. The van der Waals surface area contributed by atoms with Gasteiger partial charge in [-0.25, -0.2) is 13.2 Å². The maximum atomic E-state index is 13.0. The molecule has 1 N–H and O–H groups in total. The third kappa shape index (κ3) is 6.00. The molecule has 0 bridgehead atoms. The molecule has 3 aromatic rings. The van der Waals surface area contributed by atoms with Crippen molar-refractivity contribution in [3.63, 3.8) is 0 Å². The fourth-order valence-corrected chi connectivity index (χ4v) is 9.49. The van der Waals surface area contributed by atoms with Gasteiger partial charge in [-0.05, 0) is 80.9 Å². The number of alkyl carbamates (subject to hydrolysis) is 1. The van der Waals surface area contributed by atoms with E-state index in [1.165, 1.54) is 17.1 Å². The largest absolute Gasteiger partial charge is 0.446 e. The van der Waals surface area contributed by atoms with Crippen molar-refractivity contribution in [2.45, 2.75) is 60.3 Å². The second-order valence-corrected chi connectivity index (χ2v) is 15.6. The first kappa shape index (κ1) is 32.1. The smallest absolute Gasteiger partial charge is 0.407 e. The van der Waals surface area contributed by atoms with E-state index in [4.69, 9.17) is 4.74 Å². The van der Waals surface area contributed by atoms with Crippen LogP contribution in [0.4, 0.5) is 10.5 Å². The molecule has 2 aliphatic heterocycles. The van der Waals surface area contributed by atoms with Gasteiger partial charge in [0.15, 0.2) is 0 Å². The van der Waals surface area contributed by atoms with Gasteiger partial charge >= 0.3 is 6.09 Å². The number of nitrogens with one attached hydrogen (secondary N) is 1. The molecule has 11 heteroatoms. The lowest BCUT2D eigenvalue weighted by Crippen LogP contribution is -2.60. The van der Waals surface area contributed by atoms with Gasteiger partial charge < -0.3 is 19.9 Å². The number of ether oxygens (including phenoxy) is 1. The van der Waals surface area contributed by atoms with Crippen molar-refractivity contribution in [2.75, 3.05) is 44.7 Å². The Hall–Kier alpha value is -3.88. The van der Waals surface area contributed by atoms with Crippen LogP contribution in [0, 0.1) is 28.6 Å². The molecule has 10 nitrogen and oxygen atoms in total. The lowest BCUT2D eigenvalue weighted by atomic mass is 9.59. The van der Waals surface area contributed by atoms with Crippen molar-refractivity contribution >= 4 is 21.6 Å². The molecule has 3 atom stereocenters. The molecule has 6 rings (SSSR count). The molecule has 0 radical (unpaired) electrons. The summed E-state index contributed by atoms with van der Waals surface area (Å²) in [6.45, 7) is 6.93. The molecule has 1 aromatic heterocycles. The van der Waals surface area contributed by atoms with E-state index in [1.807, 2.05) is 30.3 Å². The van der Waals surface area contributed by atoms with Crippen molar-refractivity contribution in [3.8, 4) is 6.07 Å². The van der Waals surface area contributed by atoms with Crippen LogP contribution in [-0.2, 0) is 27.0 Å². The zero-order valence-corrected chi connectivity index (χ0v) is 27.7. The van der Waals surface area contributed by atoms with Gasteiger partial charge in [-0.1, -0.05) is 37.3 Å². The number of carbonyl (C=O) groups excluding carboxylic acids is 1. The summed E-state index contributed by atoms with van der Waals surface area (Å²) in [7, 11) is -0.318. The lowest BCUT2D eigenvalue weighted by molar-refractivity contribution is 0.0262. The zero-order chi connectivity index (χ0) is 32.5. The highest BCUT2D eigenvalue weighted by Gasteiger charge is 2.53. The highest BCUT2D eigenvalue weighted by molar-refractivity contribution is 7.91. The highest BCUT2D eigenvalue weighted by atomic mass is 32.2. The third-order valence-corrected chi connectivity index (χ3v) is 12.1. The van der Waals surface area contributed by atoms with Gasteiger partial charge in [-0.2, -0.15) is 10.4 Å². The van der Waals surface area contributed by atoms with E-state index in [9.17, 15) is 18.5 Å². The van der Waals surface area contributed by atoms with Crippen LogP contribution in [0.5, 0.6) is 0 Å². The Morgan fingerprint density at radius 3 is 2.37 bits per heavy atom. The maximum absolute atomic E-state index is 13.0. The molecule has 244 valence electrons. The van der Waals surface area contributed by atoms with E-state index in [2.05, 4.69) is 45.3 Å². The number of likely N-dealkylation sites (tertiary alicyclic amines) is 1. The van der Waals surface area contributed by atoms with Crippen LogP contribution in [0.25, 0.3) is 0 Å². The first-order valence-electron chi connectivity index (χ1n) is 16.2. The van der Waals surface area contributed by atoms with Gasteiger partial charge in [0.25, 0.3) is 0 Å². The Bertz CT molecular complexity index is 1670. The molecule has 1 aliphatic carbocycles. The number of carbonyl (C=O) groups is 1. The Morgan fingerprint density at radius 2 is 1.76 bits per heavy atom. The first-order chi connectivity index (χ1) is 22.1. The van der Waals surface area contributed by atoms with Crippen LogP contribution < -0.4 is 10.2 Å². The van der Waals surface area contributed by atoms with Crippen molar-refractivity contribution < 1.29 is 17.9 Å². The number of anilines is 1. The van der Waals surface area contributed by atoms with Crippen LogP contribution in [0.3, 0.4) is 0 Å². The summed E-state index contributed by atoms with van der Waals surface area (Å²) in [4.78, 5) is 17.5. The minimum absolute atomic E-state index is 0.0443. The SMILES string of the molecule is CNC(=O)OC1CCCC1C(C#N)(c1ccccc1)C1CCN(CC2(C)CN(c3ccc(S(=O)(=O)c4cnn(C)c4)cc3)C2)CC1. The zero-order valence-electron chi connectivity index (χ0n) is 26.9. The number of benzene rings is 2. The van der Waals surface area contributed by atoms with Crippen molar-refractivity contribution in [1.82, 2.24) is 20.0 Å². The summed E-state index contributed by atoms with van der Waals surface area (Å²) in [5, 5.41) is 17.5. The number of nitrogens with zero attached hydrogens (tertiary/aromatic N) is 5. The molecule has 0 spiro atoms. The van der Waals surface area contributed by atoms with Crippen molar-refractivity contribution in [2.24, 2.45) is 24.3 Å². The number of amides is 1. The van der Waals surface area contributed by atoms with Gasteiger partial charge in [0, 0.05) is 56.9 Å². The predicted octanol–water partition coefficient (Wildman–Crippen LogP) is 4.78. The molecule has 3 aliphatic rings. The molecule has 3 unspecified atom stereocenters. The fraction of sp³-hybridized carbons (Fsp3) is 0.514. The number of nitriles is 1. The monoisotopic (exact) mass is 644 g/mol. The molecule has 46 heavy (non-hydrogen) atoms. The Kier molecular flexibility index (Phi) is 8.87. The molecule has 2 aromatic carbocycles. The summed E-state index contributed by atoms with van der Waals surface area (Å²) in [5.74, 6) is 0.124. The first-order valence-corrected chi connectivity index (χ1v) is 17.7. The average Bonchev–Trinajstić information content (AvgIpc) is 3.71. The Labute approximate surface area is 272 Å². The molecule has 1 amide bonds. The number of sulfone groups is 1. The average molecular weight is 645 g/mol. The molecule has 2 saturated heterocycles. The number of aryl methyl sites for hydroxylation is 1. The Balaban J connectivity index is 1.09. The van der Waals surface area contributed by atoms with Crippen LogP contribution in [0.2, 0.25) is 0 Å². The molecule has 3 heterocycles. The van der Waals surface area contributed by atoms with Crippen molar-refractivity contribution in [3.05, 3.63) is 72.6 Å². The number of piperidine rings is 1. The lowest BCUT2D eigenvalue weighted by Gasteiger charge is -2.53. The third-order valence-electron chi connectivity index (χ3n) is 10.4. The van der Waals surface area contributed by atoms with Crippen LogP contribution in [0.15, 0.2) is 76.8 Å². The standard InChI is InChI=1S/C35H44N6O4S/c1-34(24-41(25-34)28-12-14-29(15-13-28)46(43,44)30-20-38-39(3)21-30)23-40-18-16-27(17-19-40)35(22-36,26-8-5-4-6-9-26)31-10-7-11-32(31)45-33(42)37-2/h4-6,8-9,12-15,20-21,27,31-32H,7,10-11,16-19,23-25H2,1-3H3,(H,37,42). The van der Waals surface area contributed by atoms with Crippen LogP contribution >= 0.6 is 0 Å². The number of hydrogen-bond acceptors (Lipinski definition) is 8. The van der Waals surface area contributed by atoms with E-state index in [0.29, 0.717) is 0 Å². The minimum atomic E-state index is -3.60. The summed E-state index contributed by atoms with van der Waals surface area (Å²) < 4.78 is 33.2. The van der Waals surface area contributed by atoms with Gasteiger partial charge in [-0.15, -0.1) is 0 Å². The molecule has 1 saturated carbocycles. The van der Waals surface area contributed by atoms with Crippen LogP contribution in [0.1, 0.15) is 44.6 Å². The van der Waals surface area contributed by atoms with E-state index >= 15 is 0 Å². The topological polar surface area (TPSA) is 121 Å².